The lowest BCUT2D eigenvalue weighted by Gasteiger charge is -2.12. The number of carbonyl (C=O) groups excluding carboxylic acids is 1. The molecule has 2 aromatic carbocycles. The van der Waals surface area contributed by atoms with Crippen LogP contribution in [0.2, 0.25) is 0 Å². The summed E-state index contributed by atoms with van der Waals surface area (Å²) < 4.78 is 0. The lowest BCUT2D eigenvalue weighted by Crippen LogP contribution is -2.14. The molecule has 27 heavy (non-hydrogen) atoms. The van der Waals surface area contributed by atoms with Gasteiger partial charge in [-0.15, -0.1) is 11.3 Å². The third-order valence-corrected chi connectivity index (χ3v) is 5.70. The van der Waals surface area contributed by atoms with Crippen LogP contribution in [-0.4, -0.2) is 10.9 Å². The number of fused-ring (bicyclic) bond motifs is 1. The SMILES string of the molecule is CCC1C=CC(c2csc(NC(=O)Cc3ccc4ccccc4c3)n2)=CC1. The number of carbonyl (C=O) groups is 1. The van der Waals surface area contributed by atoms with Gasteiger partial charge in [0.15, 0.2) is 5.13 Å². The van der Waals surface area contributed by atoms with E-state index in [-0.39, 0.29) is 5.91 Å². The number of aromatic nitrogens is 1. The van der Waals surface area contributed by atoms with Gasteiger partial charge in [0.1, 0.15) is 0 Å². The van der Waals surface area contributed by atoms with Crippen molar-refractivity contribution in [3.05, 3.63) is 77.3 Å². The van der Waals surface area contributed by atoms with Crippen molar-refractivity contribution in [1.82, 2.24) is 4.98 Å². The smallest absolute Gasteiger partial charge is 0.230 e. The number of nitrogens with one attached hydrogen (secondary N) is 1. The predicted molar refractivity (Wildman–Crippen MR) is 114 cm³/mol. The molecule has 1 aliphatic carbocycles. The first-order chi connectivity index (χ1) is 13.2. The summed E-state index contributed by atoms with van der Waals surface area (Å²) in [7, 11) is 0. The van der Waals surface area contributed by atoms with E-state index in [9.17, 15) is 4.79 Å². The molecule has 1 atom stereocenters. The van der Waals surface area contributed by atoms with Crippen molar-refractivity contribution in [3.63, 3.8) is 0 Å². The van der Waals surface area contributed by atoms with E-state index in [0.29, 0.717) is 17.5 Å². The van der Waals surface area contributed by atoms with E-state index in [2.05, 4.69) is 59.7 Å². The summed E-state index contributed by atoms with van der Waals surface area (Å²) in [5, 5.41) is 7.94. The van der Waals surface area contributed by atoms with Crippen LogP contribution in [0.5, 0.6) is 0 Å². The van der Waals surface area contributed by atoms with Crippen molar-refractivity contribution in [2.45, 2.75) is 26.2 Å². The van der Waals surface area contributed by atoms with Crippen molar-refractivity contribution >= 4 is 38.7 Å². The molecule has 1 heterocycles. The van der Waals surface area contributed by atoms with Gasteiger partial charge in [0, 0.05) is 5.38 Å². The van der Waals surface area contributed by atoms with Crippen LogP contribution in [0.1, 0.15) is 31.0 Å². The van der Waals surface area contributed by atoms with Crippen LogP contribution < -0.4 is 5.32 Å². The van der Waals surface area contributed by atoms with E-state index in [1.54, 1.807) is 0 Å². The van der Waals surface area contributed by atoms with Gasteiger partial charge in [0.25, 0.3) is 0 Å². The van der Waals surface area contributed by atoms with Crippen molar-refractivity contribution in [1.29, 1.82) is 0 Å². The Bertz CT molecular complexity index is 1030. The molecule has 0 saturated carbocycles. The Morgan fingerprint density at radius 2 is 2.07 bits per heavy atom. The molecule has 3 aromatic rings. The minimum absolute atomic E-state index is 0.0367. The van der Waals surface area contributed by atoms with Gasteiger partial charge in [-0.1, -0.05) is 67.6 Å². The van der Waals surface area contributed by atoms with E-state index < -0.39 is 0 Å². The van der Waals surface area contributed by atoms with Crippen molar-refractivity contribution < 1.29 is 4.79 Å². The van der Waals surface area contributed by atoms with E-state index in [0.717, 1.165) is 35.1 Å². The highest BCUT2D eigenvalue weighted by Gasteiger charge is 2.12. The van der Waals surface area contributed by atoms with Crippen molar-refractivity contribution in [2.24, 2.45) is 5.92 Å². The zero-order valence-electron chi connectivity index (χ0n) is 15.3. The number of thiazole rings is 1. The van der Waals surface area contributed by atoms with E-state index in [4.69, 9.17) is 0 Å². The highest BCUT2D eigenvalue weighted by atomic mass is 32.1. The Labute approximate surface area is 163 Å². The average molecular weight is 375 g/mol. The summed E-state index contributed by atoms with van der Waals surface area (Å²) in [6.45, 7) is 2.21. The number of benzene rings is 2. The summed E-state index contributed by atoms with van der Waals surface area (Å²) in [5.74, 6) is 0.596. The van der Waals surface area contributed by atoms with Crippen LogP contribution in [-0.2, 0) is 11.2 Å². The second-order valence-electron chi connectivity index (χ2n) is 6.87. The standard InChI is InChI=1S/C23H22N2OS/c1-2-16-7-11-19(12-8-16)21-15-27-23(24-21)25-22(26)14-17-9-10-18-5-3-4-6-20(18)13-17/h3-7,9-13,15-16H,2,8,14H2,1H3,(H,24,25,26). The third kappa shape index (κ3) is 4.17. The van der Waals surface area contributed by atoms with Gasteiger partial charge in [-0.25, -0.2) is 4.98 Å². The van der Waals surface area contributed by atoms with Gasteiger partial charge >= 0.3 is 0 Å². The molecule has 3 nitrogen and oxygen atoms in total. The highest BCUT2D eigenvalue weighted by molar-refractivity contribution is 7.14. The Morgan fingerprint density at radius 1 is 1.22 bits per heavy atom. The number of hydrogen-bond acceptors (Lipinski definition) is 3. The van der Waals surface area contributed by atoms with Crippen LogP contribution in [0.3, 0.4) is 0 Å². The predicted octanol–water partition coefficient (Wildman–Crippen LogP) is 5.85. The average Bonchev–Trinajstić information content (AvgIpc) is 3.16. The molecule has 136 valence electrons. The monoisotopic (exact) mass is 374 g/mol. The number of hydrogen-bond donors (Lipinski definition) is 1. The Kier molecular flexibility index (Phi) is 5.16. The molecule has 0 aliphatic heterocycles. The van der Waals surface area contributed by atoms with Gasteiger partial charge in [0.2, 0.25) is 5.91 Å². The minimum Gasteiger partial charge on any atom is -0.302 e. The first-order valence-corrected chi connectivity index (χ1v) is 10.2. The topological polar surface area (TPSA) is 42.0 Å². The molecule has 0 spiro atoms. The van der Waals surface area contributed by atoms with Crippen LogP contribution in [0.15, 0.2) is 66.1 Å². The molecule has 1 unspecified atom stereocenters. The van der Waals surface area contributed by atoms with E-state index >= 15 is 0 Å². The number of allylic oxidation sites excluding steroid dienone is 4. The number of anilines is 1. The molecular weight excluding hydrogens is 352 g/mol. The molecule has 1 amide bonds. The minimum atomic E-state index is -0.0367. The molecule has 4 rings (SSSR count). The van der Waals surface area contributed by atoms with Gasteiger partial charge in [-0.3, -0.25) is 4.79 Å². The quantitative estimate of drug-likeness (QED) is 0.609. The number of amides is 1. The summed E-state index contributed by atoms with van der Waals surface area (Å²) in [6, 6.07) is 14.3. The van der Waals surface area contributed by atoms with Gasteiger partial charge in [-0.2, -0.15) is 0 Å². The molecule has 4 heteroatoms. The van der Waals surface area contributed by atoms with Gasteiger partial charge < -0.3 is 5.32 Å². The summed E-state index contributed by atoms with van der Waals surface area (Å²) in [5.41, 5.74) is 3.09. The molecule has 1 aromatic heterocycles. The number of rotatable bonds is 5. The maximum Gasteiger partial charge on any atom is 0.230 e. The maximum atomic E-state index is 12.4. The Morgan fingerprint density at radius 3 is 2.85 bits per heavy atom. The van der Waals surface area contributed by atoms with Crippen LogP contribution in [0.4, 0.5) is 5.13 Å². The van der Waals surface area contributed by atoms with Gasteiger partial charge in [0.05, 0.1) is 12.1 Å². The molecule has 0 radical (unpaired) electrons. The van der Waals surface area contributed by atoms with Crippen molar-refractivity contribution in [2.75, 3.05) is 5.32 Å². The van der Waals surface area contributed by atoms with Crippen LogP contribution in [0.25, 0.3) is 16.3 Å². The second-order valence-corrected chi connectivity index (χ2v) is 7.73. The largest absolute Gasteiger partial charge is 0.302 e. The fraction of sp³-hybridized carbons (Fsp3) is 0.217. The van der Waals surface area contributed by atoms with Crippen molar-refractivity contribution in [3.8, 4) is 0 Å². The Balaban J connectivity index is 1.40. The Hall–Kier alpha value is -2.72. The molecule has 0 saturated heterocycles. The summed E-state index contributed by atoms with van der Waals surface area (Å²) in [4.78, 5) is 17.0. The summed E-state index contributed by atoms with van der Waals surface area (Å²) >= 11 is 1.47. The zero-order valence-corrected chi connectivity index (χ0v) is 16.1. The lowest BCUT2D eigenvalue weighted by molar-refractivity contribution is -0.115. The maximum absolute atomic E-state index is 12.4. The van der Waals surface area contributed by atoms with E-state index in [1.165, 1.54) is 16.7 Å². The van der Waals surface area contributed by atoms with E-state index in [1.807, 2.05) is 23.6 Å². The first-order valence-electron chi connectivity index (χ1n) is 9.33. The van der Waals surface area contributed by atoms with Crippen LogP contribution in [0, 0.1) is 5.92 Å². The first kappa shape index (κ1) is 17.7. The molecule has 1 aliphatic rings. The highest BCUT2D eigenvalue weighted by Crippen LogP contribution is 2.28. The van der Waals surface area contributed by atoms with Crippen LogP contribution >= 0.6 is 11.3 Å². The zero-order chi connectivity index (χ0) is 18.6. The molecular formula is C23H22N2OS. The second kappa shape index (κ2) is 7.89. The normalized spacial score (nSPS) is 16.3. The third-order valence-electron chi connectivity index (χ3n) is 4.94. The summed E-state index contributed by atoms with van der Waals surface area (Å²) in [6.07, 6.45) is 9.21. The fourth-order valence-corrected chi connectivity index (χ4v) is 4.05. The fourth-order valence-electron chi connectivity index (χ4n) is 3.32. The van der Waals surface area contributed by atoms with Gasteiger partial charge in [-0.05, 0) is 40.7 Å². The molecule has 0 fully saturated rings. The lowest BCUT2D eigenvalue weighted by atomic mass is 9.94. The molecule has 0 bridgehead atoms. The number of nitrogens with zero attached hydrogens (tertiary/aromatic N) is 1. The molecule has 1 N–H and O–H groups in total.